The van der Waals surface area contributed by atoms with Crippen LogP contribution in [0.1, 0.15) is 48.5 Å². The predicted octanol–water partition coefficient (Wildman–Crippen LogP) is 6.04. The van der Waals surface area contributed by atoms with Crippen LogP contribution in [-0.4, -0.2) is 39.5 Å². The number of ether oxygens (including phenoxy) is 2. The van der Waals surface area contributed by atoms with Gasteiger partial charge in [-0.05, 0) is 46.9 Å². The Hall–Kier alpha value is -3.76. The first-order valence-electron chi connectivity index (χ1n) is 14.2. The van der Waals surface area contributed by atoms with Crippen molar-refractivity contribution in [1.29, 1.82) is 0 Å². The molecule has 2 amide bonds. The molecule has 1 saturated heterocycles. The smallest absolute Gasteiger partial charge is 0.315 e. The summed E-state index contributed by atoms with van der Waals surface area (Å²) in [5, 5.41) is 15.8. The Morgan fingerprint density at radius 3 is 2.33 bits per heavy atom. The highest BCUT2D eigenvalue weighted by molar-refractivity contribution is 7.99. The number of aromatic nitrogens is 2. The first kappa shape index (κ1) is 29.7. The average molecular weight is 585 g/mol. The molecule has 4 atom stereocenters. The Morgan fingerprint density at radius 2 is 1.62 bits per heavy atom. The van der Waals surface area contributed by atoms with Crippen LogP contribution < -0.4 is 10.6 Å². The van der Waals surface area contributed by atoms with E-state index in [-0.39, 0.29) is 30.8 Å². The second-order valence-electron chi connectivity index (χ2n) is 10.2. The van der Waals surface area contributed by atoms with E-state index in [1.807, 2.05) is 61.5 Å². The zero-order chi connectivity index (χ0) is 29.3. The van der Waals surface area contributed by atoms with Gasteiger partial charge in [0.25, 0.3) is 0 Å². The molecule has 0 spiro atoms. The fourth-order valence-corrected chi connectivity index (χ4v) is 5.89. The van der Waals surface area contributed by atoms with E-state index in [1.165, 1.54) is 0 Å². The van der Waals surface area contributed by atoms with Crippen molar-refractivity contribution in [1.82, 2.24) is 20.6 Å². The lowest BCUT2D eigenvalue weighted by molar-refractivity contribution is -0.268. The number of benzene rings is 3. The summed E-state index contributed by atoms with van der Waals surface area (Å²) < 4.78 is 13.2. The van der Waals surface area contributed by atoms with Gasteiger partial charge in [-0.3, -0.25) is 0 Å². The number of carbonyl (C=O) groups is 1. The Kier molecular flexibility index (Phi) is 10.2. The number of urea groups is 1. The van der Waals surface area contributed by atoms with Gasteiger partial charge in [0.05, 0.1) is 18.8 Å². The van der Waals surface area contributed by atoms with E-state index in [0.717, 1.165) is 33.4 Å². The van der Waals surface area contributed by atoms with Crippen LogP contribution in [0.25, 0.3) is 11.1 Å². The van der Waals surface area contributed by atoms with Crippen molar-refractivity contribution < 1.29 is 19.4 Å². The highest BCUT2D eigenvalue weighted by atomic mass is 32.2. The molecule has 2 heterocycles. The minimum Gasteiger partial charge on any atom is -0.392 e. The molecule has 0 saturated carbocycles. The van der Waals surface area contributed by atoms with Gasteiger partial charge < -0.3 is 25.2 Å². The molecule has 0 aliphatic carbocycles. The summed E-state index contributed by atoms with van der Waals surface area (Å²) in [5.74, 6) is 0.762. The predicted molar refractivity (Wildman–Crippen MR) is 164 cm³/mol. The van der Waals surface area contributed by atoms with Crippen molar-refractivity contribution in [3.63, 3.8) is 0 Å². The fourth-order valence-electron chi connectivity index (χ4n) is 4.93. The van der Waals surface area contributed by atoms with E-state index in [2.05, 4.69) is 51.8 Å². The minimum atomic E-state index is -0.548. The number of rotatable bonds is 10. The summed E-state index contributed by atoms with van der Waals surface area (Å²) in [6.45, 7) is 5.08. The molecule has 3 N–H and O–H groups in total. The van der Waals surface area contributed by atoms with E-state index in [0.29, 0.717) is 24.0 Å². The van der Waals surface area contributed by atoms with Gasteiger partial charge in [0.2, 0.25) is 0 Å². The molecular formula is C33H36N4O4S. The SMILES string of the molecule is CCNC(=O)NCc1cccc(-c2ccc(C3OC(CSc4ncccn4)C(C)C(c4ccc(CO)cc4)O3)cc2)c1. The summed E-state index contributed by atoms with van der Waals surface area (Å²) in [7, 11) is 0. The molecule has 0 radical (unpaired) electrons. The lowest BCUT2D eigenvalue weighted by atomic mass is 9.91. The summed E-state index contributed by atoms with van der Waals surface area (Å²) in [4.78, 5) is 20.5. The number of carbonyl (C=O) groups excluding carboxylic acids is 1. The molecule has 218 valence electrons. The van der Waals surface area contributed by atoms with Gasteiger partial charge in [-0.2, -0.15) is 0 Å². The molecule has 1 fully saturated rings. The molecule has 42 heavy (non-hydrogen) atoms. The molecule has 4 unspecified atom stereocenters. The Morgan fingerprint density at radius 1 is 0.881 bits per heavy atom. The van der Waals surface area contributed by atoms with Crippen LogP contribution in [-0.2, 0) is 22.6 Å². The van der Waals surface area contributed by atoms with Crippen LogP contribution in [0, 0.1) is 5.92 Å². The third-order valence-corrected chi connectivity index (χ3v) is 8.24. The summed E-state index contributed by atoms with van der Waals surface area (Å²) in [6, 6.07) is 25.9. The summed E-state index contributed by atoms with van der Waals surface area (Å²) in [5.41, 5.74) is 6.00. The lowest BCUT2D eigenvalue weighted by Crippen LogP contribution is -2.38. The minimum absolute atomic E-state index is 0.00336. The molecule has 1 aliphatic heterocycles. The van der Waals surface area contributed by atoms with Crippen molar-refractivity contribution >= 4 is 17.8 Å². The number of amides is 2. The largest absolute Gasteiger partial charge is 0.392 e. The number of thioether (sulfide) groups is 1. The van der Waals surface area contributed by atoms with Crippen molar-refractivity contribution in [2.75, 3.05) is 12.3 Å². The zero-order valence-corrected chi connectivity index (χ0v) is 24.6. The Bertz CT molecular complexity index is 1440. The van der Waals surface area contributed by atoms with Crippen LogP contribution >= 0.6 is 11.8 Å². The summed E-state index contributed by atoms with van der Waals surface area (Å²) >= 11 is 1.57. The van der Waals surface area contributed by atoms with Crippen molar-refractivity contribution in [3.8, 4) is 11.1 Å². The Balaban J connectivity index is 1.33. The maximum Gasteiger partial charge on any atom is 0.315 e. The van der Waals surface area contributed by atoms with Crippen LogP contribution in [0.15, 0.2) is 96.4 Å². The van der Waals surface area contributed by atoms with Gasteiger partial charge in [0, 0.05) is 42.7 Å². The molecule has 3 aromatic carbocycles. The fraction of sp³-hybridized carbons (Fsp3) is 0.303. The topological polar surface area (TPSA) is 106 Å². The van der Waals surface area contributed by atoms with E-state index in [1.54, 1.807) is 24.2 Å². The standard InChI is InChI=1S/C33H36N4O4S/c1-3-34-32(39)37-19-24-6-4-7-28(18-24)25-12-14-27(15-13-25)31-40-29(21-42-33-35-16-5-17-36-33)22(2)30(41-31)26-10-8-23(20-38)9-11-26/h4-18,22,29-31,38H,3,19-21H2,1-2H3,(H2,34,37,39). The van der Waals surface area contributed by atoms with Gasteiger partial charge in [0.15, 0.2) is 11.4 Å². The Labute approximate surface area is 250 Å². The van der Waals surface area contributed by atoms with Crippen molar-refractivity contribution in [2.45, 2.75) is 50.7 Å². The molecule has 1 aliphatic rings. The van der Waals surface area contributed by atoms with Crippen LogP contribution in [0.3, 0.4) is 0 Å². The zero-order valence-electron chi connectivity index (χ0n) is 23.8. The van der Waals surface area contributed by atoms with Gasteiger partial charge >= 0.3 is 6.03 Å². The number of nitrogens with one attached hydrogen (secondary N) is 2. The summed E-state index contributed by atoms with van der Waals surface area (Å²) in [6.07, 6.45) is 2.65. The first-order valence-corrected chi connectivity index (χ1v) is 15.1. The van der Waals surface area contributed by atoms with Crippen LogP contribution in [0.5, 0.6) is 0 Å². The lowest BCUT2D eigenvalue weighted by Gasteiger charge is -2.41. The van der Waals surface area contributed by atoms with Gasteiger partial charge in [-0.1, -0.05) is 85.4 Å². The third-order valence-electron chi connectivity index (χ3n) is 7.28. The molecular weight excluding hydrogens is 548 g/mol. The highest BCUT2D eigenvalue weighted by Gasteiger charge is 2.38. The maximum atomic E-state index is 11.8. The molecule has 5 rings (SSSR count). The molecule has 9 heteroatoms. The average Bonchev–Trinajstić information content (AvgIpc) is 3.04. The van der Waals surface area contributed by atoms with Gasteiger partial charge in [-0.25, -0.2) is 14.8 Å². The quantitative estimate of drug-likeness (QED) is 0.154. The number of hydrogen-bond donors (Lipinski definition) is 3. The maximum absolute atomic E-state index is 11.8. The molecule has 8 nitrogen and oxygen atoms in total. The van der Waals surface area contributed by atoms with E-state index in [9.17, 15) is 9.90 Å². The number of nitrogens with zero attached hydrogens (tertiary/aromatic N) is 2. The van der Waals surface area contributed by atoms with Crippen LogP contribution in [0.2, 0.25) is 0 Å². The second kappa shape index (κ2) is 14.4. The molecule has 1 aromatic heterocycles. The monoisotopic (exact) mass is 584 g/mol. The highest BCUT2D eigenvalue weighted by Crippen LogP contribution is 2.43. The number of aliphatic hydroxyl groups is 1. The van der Waals surface area contributed by atoms with Crippen molar-refractivity contribution in [2.24, 2.45) is 5.92 Å². The number of hydrogen-bond acceptors (Lipinski definition) is 7. The van der Waals surface area contributed by atoms with E-state index >= 15 is 0 Å². The molecule has 0 bridgehead atoms. The van der Waals surface area contributed by atoms with Crippen molar-refractivity contribution in [3.05, 3.63) is 114 Å². The first-order chi connectivity index (χ1) is 20.5. The molecule has 4 aromatic rings. The van der Waals surface area contributed by atoms with E-state index < -0.39 is 6.29 Å². The van der Waals surface area contributed by atoms with E-state index in [4.69, 9.17) is 9.47 Å². The third kappa shape index (κ3) is 7.54. The normalized spacial score (nSPS) is 20.2. The van der Waals surface area contributed by atoms with Gasteiger partial charge in [0.1, 0.15) is 0 Å². The second-order valence-corrected chi connectivity index (χ2v) is 11.2. The number of aliphatic hydroxyl groups excluding tert-OH is 1. The van der Waals surface area contributed by atoms with Crippen LogP contribution in [0.4, 0.5) is 4.79 Å². The van der Waals surface area contributed by atoms with Gasteiger partial charge in [-0.15, -0.1) is 0 Å².